The van der Waals surface area contributed by atoms with Gasteiger partial charge in [-0.2, -0.15) is 0 Å². The van der Waals surface area contributed by atoms with E-state index in [-0.39, 0.29) is 5.92 Å². The molecule has 15 heavy (non-hydrogen) atoms. The van der Waals surface area contributed by atoms with E-state index >= 15 is 0 Å². The van der Waals surface area contributed by atoms with Gasteiger partial charge in [0.25, 0.3) is 0 Å². The van der Waals surface area contributed by atoms with Gasteiger partial charge in [0.15, 0.2) is 0 Å². The highest BCUT2D eigenvalue weighted by atomic mass is 16.4. The number of nitrogens with zero attached hydrogens (tertiary/aromatic N) is 1. The maximum absolute atomic E-state index is 11.0. The molecule has 0 saturated carbocycles. The number of carboxylic acids is 1. The molecule has 2 bridgehead atoms. The van der Waals surface area contributed by atoms with E-state index in [2.05, 4.69) is 11.8 Å². The number of piperidine rings is 2. The van der Waals surface area contributed by atoms with Crippen LogP contribution < -0.4 is 0 Å². The lowest BCUT2D eigenvalue weighted by Gasteiger charge is -2.48. The van der Waals surface area contributed by atoms with E-state index in [1.807, 2.05) is 0 Å². The molecule has 0 aromatic heterocycles. The van der Waals surface area contributed by atoms with Crippen LogP contribution in [0, 0.1) is 5.92 Å². The van der Waals surface area contributed by atoms with Gasteiger partial charge in [-0.15, -0.1) is 0 Å². The van der Waals surface area contributed by atoms with Gasteiger partial charge in [-0.05, 0) is 38.6 Å². The van der Waals surface area contributed by atoms with Gasteiger partial charge < -0.3 is 5.11 Å². The summed E-state index contributed by atoms with van der Waals surface area (Å²) in [5, 5.41) is 9.09. The van der Waals surface area contributed by atoms with Crippen LogP contribution in [0.2, 0.25) is 0 Å². The monoisotopic (exact) mass is 211 g/mol. The lowest BCUT2D eigenvalue weighted by atomic mass is 9.78. The lowest BCUT2D eigenvalue weighted by molar-refractivity contribution is -0.146. The van der Waals surface area contributed by atoms with E-state index in [1.165, 1.54) is 25.7 Å². The Bertz CT molecular complexity index is 228. The smallest absolute Gasteiger partial charge is 0.306 e. The van der Waals surface area contributed by atoms with Gasteiger partial charge in [-0.25, -0.2) is 0 Å². The molecule has 0 radical (unpaired) electrons. The molecule has 0 aromatic carbocycles. The molecule has 0 aromatic rings. The van der Waals surface area contributed by atoms with E-state index in [0.717, 1.165) is 19.4 Å². The second-order valence-electron chi connectivity index (χ2n) is 4.98. The number of aliphatic carboxylic acids is 1. The fourth-order valence-electron chi connectivity index (χ4n) is 3.30. The molecule has 3 heteroatoms. The zero-order valence-electron chi connectivity index (χ0n) is 9.48. The average Bonchev–Trinajstić information content (AvgIpc) is 2.17. The standard InChI is InChI=1S/C12H21NO2/c1-2-6-13-10-4-3-5-11(13)8-9(7-10)12(14)15/h9-11H,2-8H2,1H3,(H,14,15)/t9?,10-,11+. The summed E-state index contributed by atoms with van der Waals surface area (Å²) in [4.78, 5) is 13.6. The van der Waals surface area contributed by atoms with Crippen molar-refractivity contribution in [3.05, 3.63) is 0 Å². The van der Waals surface area contributed by atoms with Crippen LogP contribution >= 0.6 is 0 Å². The Morgan fingerprint density at radius 2 is 1.93 bits per heavy atom. The molecule has 86 valence electrons. The van der Waals surface area contributed by atoms with Crippen LogP contribution in [0.3, 0.4) is 0 Å². The van der Waals surface area contributed by atoms with Gasteiger partial charge in [0, 0.05) is 12.1 Å². The third-order valence-electron chi connectivity index (χ3n) is 3.96. The van der Waals surface area contributed by atoms with Crippen LogP contribution in [-0.4, -0.2) is 34.6 Å². The number of hydrogen-bond donors (Lipinski definition) is 1. The largest absolute Gasteiger partial charge is 0.481 e. The van der Waals surface area contributed by atoms with Crippen molar-refractivity contribution in [3.8, 4) is 0 Å². The minimum absolute atomic E-state index is 0.0755. The van der Waals surface area contributed by atoms with Gasteiger partial charge in [0.1, 0.15) is 0 Å². The Labute approximate surface area is 91.5 Å². The summed E-state index contributed by atoms with van der Waals surface area (Å²) in [5.74, 6) is -0.656. The molecule has 0 aliphatic carbocycles. The molecule has 2 aliphatic heterocycles. The van der Waals surface area contributed by atoms with Crippen molar-refractivity contribution in [1.82, 2.24) is 4.90 Å². The van der Waals surface area contributed by atoms with Gasteiger partial charge in [-0.3, -0.25) is 9.69 Å². The third kappa shape index (κ3) is 2.17. The van der Waals surface area contributed by atoms with Crippen molar-refractivity contribution in [2.75, 3.05) is 6.54 Å². The average molecular weight is 211 g/mol. The topological polar surface area (TPSA) is 40.5 Å². The summed E-state index contributed by atoms with van der Waals surface area (Å²) >= 11 is 0. The number of hydrogen-bond acceptors (Lipinski definition) is 2. The molecule has 2 saturated heterocycles. The number of rotatable bonds is 3. The molecule has 3 nitrogen and oxygen atoms in total. The third-order valence-corrected chi connectivity index (χ3v) is 3.96. The highest BCUT2D eigenvalue weighted by molar-refractivity contribution is 5.70. The first-order valence-electron chi connectivity index (χ1n) is 6.21. The molecule has 0 spiro atoms. The Morgan fingerprint density at radius 1 is 1.33 bits per heavy atom. The fraction of sp³-hybridized carbons (Fsp3) is 0.917. The van der Waals surface area contributed by atoms with Crippen LogP contribution in [0.4, 0.5) is 0 Å². The summed E-state index contributed by atoms with van der Waals surface area (Å²) in [6.45, 7) is 3.36. The van der Waals surface area contributed by atoms with E-state index in [1.54, 1.807) is 0 Å². The van der Waals surface area contributed by atoms with Crippen LogP contribution in [-0.2, 0) is 4.79 Å². The molecular formula is C12H21NO2. The SMILES string of the molecule is CCCN1[C@@H]2CCC[C@H]1CC(C(=O)O)C2. The molecule has 1 N–H and O–H groups in total. The quantitative estimate of drug-likeness (QED) is 0.777. The summed E-state index contributed by atoms with van der Waals surface area (Å²) in [6, 6.07) is 1.11. The van der Waals surface area contributed by atoms with Crippen molar-refractivity contribution in [3.63, 3.8) is 0 Å². The van der Waals surface area contributed by atoms with Crippen LogP contribution in [0.1, 0.15) is 45.4 Å². The highest BCUT2D eigenvalue weighted by Gasteiger charge is 2.39. The van der Waals surface area contributed by atoms with Crippen LogP contribution in [0.15, 0.2) is 0 Å². The van der Waals surface area contributed by atoms with Crippen molar-refractivity contribution >= 4 is 5.97 Å². The zero-order chi connectivity index (χ0) is 10.8. The first-order valence-corrected chi connectivity index (χ1v) is 6.21. The zero-order valence-corrected chi connectivity index (χ0v) is 9.48. The molecule has 2 aliphatic rings. The predicted molar refractivity (Wildman–Crippen MR) is 58.8 cm³/mol. The Kier molecular flexibility index (Phi) is 3.29. The molecule has 2 rings (SSSR count). The Hall–Kier alpha value is -0.570. The molecule has 3 atom stereocenters. The van der Waals surface area contributed by atoms with Crippen molar-refractivity contribution in [1.29, 1.82) is 0 Å². The maximum atomic E-state index is 11.0. The molecular weight excluding hydrogens is 190 g/mol. The summed E-state index contributed by atoms with van der Waals surface area (Å²) < 4.78 is 0. The minimum Gasteiger partial charge on any atom is -0.481 e. The summed E-state index contributed by atoms with van der Waals surface area (Å²) in [6.07, 6.45) is 6.66. The van der Waals surface area contributed by atoms with Crippen LogP contribution in [0.5, 0.6) is 0 Å². The number of carbonyl (C=O) groups is 1. The number of fused-ring (bicyclic) bond motifs is 2. The minimum atomic E-state index is -0.581. The second-order valence-corrected chi connectivity index (χ2v) is 4.98. The predicted octanol–water partition coefficient (Wildman–Crippen LogP) is 2.11. The normalized spacial score (nSPS) is 36.5. The van der Waals surface area contributed by atoms with Crippen molar-refractivity contribution < 1.29 is 9.90 Å². The highest BCUT2D eigenvalue weighted by Crippen LogP contribution is 2.36. The van der Waals surface area contributed by atoms with Crippen LogP contribution in [0.25, 0.3) is 0 Å². The fourth-order valence-corrected chi connectivity index (χ4v) is 3.30. The van der Waals surface area contributed by atoms with Gasteiger partial charge in [-0.1, -0.05) is 13.3 Å². The second kappa shape index (κ2) is 4.52. The lowest BCUT2D eigenvalue weighted by Crippen LogP contribution is -2.53. The van der Waals surface area contributed by atoms with E-state index in [9.17, 15) is 4.79 Å². The maximum Gasteiger partial charge on any atom is 0.306 e. The Balaban J connectivity index is 2.04. The van der Waals surface area contributed by atoms with Crippen molar-refractivity contribution in [2.24, 2.45) is 5.92 Å². The molecule has 1 unspecified atom stereocenters. The first kappa shape index (κ1) is 10.9. The van der Waals surface area contributed by atoms with E-state index < -0.39 is 5.97 Å². The van der Waals surface area contributed by atoms with E-state index in [4.69, 9.17) is 5.11 Å². The van der Waals surface area contributed by atoms with Gasteiger partial charge >= 0.3 is 5.97 Å². The number of carboxylic acid groups (broad SMARTS) is 1. The summed E-state index contributed by atoms with van der Waals surface area (Å²) in [5.41, 5.74) is 0. The van der Waals surface area contributed by atoms with Gasteiger partial charge in [0.2, 0.25) is 0 Å². The van der Waals surface area contributed by atoms with E-state index in [0.29, 0.717) is 12.1 Å². The van der Waals surface area contributed by atoms with Crippen molar-refractivity contribution in [2.45, 2.75) is 57.5 Å². The molecule has 2 heterocycles. The van der Waals surface area contributed by atoms with Gasteiger partial charge in [0.05, 0.1) is 5.92 Å². The first-order chi connectivity index (χ1) is 7.22. The molecule has 2 fully saturated rings. The molecule has 0 amide bonds. The Morgan fingerprint density at radius 3 is 2.40 bits per heavy atom. The summed E-state index contributed by atoms with van der Waals surface area (Å²) in [7, 11) is 0.